The van der Waals surface area contributed by atoms with Gasteiger partial charge in [-0.3, -0.25) is 4.90 Å². The van der Waals surface area contributed by atoms with Gasteiger partial charge in [0.25, 0.3) is 0 Å². The third-order valence-corrected chi connectivity index (χ3v) is 4.97. The minimum absolute atomic E-state index is 0.744. The van der Waals surface area contributed by atoms with Crippen molar-refractivity contribution in [1.29, 1.82) is 0 Å². The van der Waals surface area contributed by atoms with E-state index in [2.05, 4.69) is 43.1 Å². The number of hydrogen-bond acceptors (Lipinski definition) is 3. The van der Waals surface area contributed by atoms with Gasteiger partial charge >= 0.3 is 0 Å². The average molecular weight is 266 g/mol. The second-order valence-corrected chi connectivity index (χ2v) is 6.85. The lowest BCUT2D eigenvalue weighted by Crippen LogP contribution is -2.39. The molecule has 1 aliphatic heterocycles. The Bertz CT molecular complexity index is 361. The second kappa shape index (κ2) is 6.69. The predicted molar refractivity (Wildman–Crippen MR) is 80.0 cm³/mol. The zero-order valence-electron chi connectivity index (χ0n) is 11.9. The highest BCUT2D eigenvalue weighted by Crippen LogP contribution is 2.26. The number of piperidine rings is 1. The first kappa shape index (κ1) is 14.0. The van der Waals surface area contributed by atoms with Crippen molar-refractivity contribution in [1.82, 2.24) is 10.2 Å². The van der Waals surface area contributed by atoms with Crippen LogP contribution in [0.25, 0.3) is 0 Å². The van der Waals surface area contributed by atoms with Crippen LogP contribution in [0.4, 0.5) is 0 Å². The largest absolute Gasteiger partial charge is 0.312 e. The highest BCUT2D eigenvalue weighted by molar-refractivity contribution is 7.11. The quantitative estimate of drug-likeness (QED) is 0.878. The maximum atomic E-state index is 3.39. The summed E-state index contributed by atoms with van der Waals surface area (Å²) in [5, 5.41) is 3.39. The topological polar surface area (TPSA) is 15.3 Å². The summed E-state index contributed by atoms with van der Waals surface area (Å²) >= 11 is 1.97. The third-order valence-electron chi connectivity index (χ3n) is 3.90. The van der Waals surface area contributed by atoms with E-state index in [9.17, 15) is 0 Å². The molecule has 1 N–H and O–H groups in total. The van der Waals surface area contributed by atoms with Gasteiger partial charge in [-0.1, -0.05) is 13.8 Å². The van der Waals surface area contributed by atoms with Crippen LogP contribution in [0.15, 0.2) is 12.1 Å². The Kier molecular flexibility index (Phi) is 5.22. The van der Waals surface area contributed by atoms with E-state index in [-0.39, 0.29) is 0 Å². The van der Waals surface area contributed by atoms with Crippen LogP contribution in [-0.2, 0) is 13.1 Å². The Hall–Kier alpha value is -0.380. The standard InChI is InChI=1S/C15H26N2S/c1-4-16-10-14-5-6-15(18-14)11-17-8-7-12(2)9-13(17)3/h5-6,12-13,16H,4,7-11H2,1-3H3. The first-order valence-corrected chi connectivity index (χ1v) is 8.03. The molecular weight excluding hydrogens is 240 g/mol. The highest BCUT2D eigenvalue weighted by Gasteiger charge is 2.22. The highest BCUT2D eigenvalue weighted by atomic mass is 32.1. The van der Waals surface area contributed by atoms with Gasteiger partial charge in [-0.2, -0.15) is 0 Å². The van der Waals surface area contributed by atoms with E-state index >= 15 is 0 Å². The van der Waals surface area contributed by atoms with E-state index in [1.807, 2.05) is 11.3 Å². The lowest BCUT2D eigenvalue weighted by molar-refractivity contribution is 0.123. The van der Waals surface area contributed by atoms with Crippen LogP contribution >= 0.6 is 11.3 Å². The van der Waals surface area contributed by atoms with Crippen LogP contribution in [-0.4, -0.2) is 24.0 Å². The minimum atomic E-state index is 0.744. The van der Waals surface area contributed by atoms with E-state index < -0.39 is 0 Å². The van der Waals surface area contributed by atoms with Gasteiger partial charge in [0.2, 0.25) is 0 Å². The van der Waals surface area contributed by atoms with Gasteiger partial charge in [-0.25, -0.2) is 0 Å². The molecule has 1 saturated heterocycles. The maximum absolute atomic E-state index is 3.39. The molecule has 18 heavy (non-hydrogen) atoms. The molecule has 2 heterocycles. The number of thiophene rings is 1. The van der Waals surface area contributed by atoms with E-state index in [4.69, 9.17) is 0 Å². The molecule has 0 bridgehead atoms. The van der Waals surface area contributed by atoms with Gasteiger partial charge in [-0.05, 0) is 50.9 Å². The Morgan fingerprint density at radius 1 is 1.33 bits per heavy atom. The molecule has 1 fully saturated rings. The molecule has 2 rings (SSSR count). The van der Waals surface area contributed by atoms with Crippen LogP contribution in [0.2, 0.25) is 0 Å². The monoisotopic (exact) mass is 266 g/mol. The van der Waals surface area contributed by atoms with Crippen LogP contribution in [0, 0.1) is 5.92 Å². The van der Waals surface area contributed by atoms with Gasteiger partial charge in [-0.15, -0.1) is 11.3 Å². The summed E-state index contributed by atoms with van der Waals surface area (Å²) in [5.74, 6) is 0.906. The molecule has 0 radical (unpaired) electrons. The van der Waals surface area contributed by atoms with Crippen LogP contribution in [0.3, 0.4) is 0 Å². The summed E-state index contributed by atoms with van der Waals surface area (Å²) in [4.78, 5) is 5.62. The summed E-state index contributed by atoms with van der Waals surface area (Å²) in [7, 11) is 0. The van der Waals surface area contributed by atoms with E-state index in [1.54, 1.807) is 0 Å². The Balaban J connectivity index is 1.87. The number of likely N-dealkylation sites (tertiary alicyclic amines) is 1. The normalized spacial score (nSPS) is 25.5. The van der Waals surface area contributed by atoms with Gasteiger partial charge in [0.05, 0.1) is 0 Å². The van der Waals surface area contributed by atoms with Crippen molar-refractivity contribution < 1.29 is 0 Å². The summed E-state index contributed by atoms with van der Waals surface area (Å²) in [6, 6.07) is 5.33. The van der Waals surface area contributed by atoms with Crippen LogP contribution in [0.1, 0.15) is 43.4 Å². The zero-order chi connectivity index (χ0) is 13.0. The fourth-order valence-electron chi connectivity index (χ4n) is 2.74. The predicted octanol–water partition coefficient (Wildman–Crippen LogP) is 3.48. The average Bonchev–Trinajstić information content (AvgIpc) is 2.78. The maximum Gasteiger partial charge on any atom is 0.0330 e. The molecule has 0 spiro atoms. The molecule has 1 aromatic rings. The van der Waals surface area contributed by atoms with Gasteiger partial charge in [0, 0.05) is 28.9 Å². The van der Waals surface area contributed by atoms with Gasteiger partial charge in [0.15, 0.2) is 0 Å². The van der Waals surface area contributed by atoms with Crippen LogP contribution in [0.5, 0.6) is 0 Å². The first-order valence-electron chi connectivity index (χ1n) is 7.21. The summed E-state index contributed by atoms with van der Waals surface area (Å²) in [5.41, 5.74) is 0. The van der Waals surface area contributed by atoms with Crippen molar-refractivity contribution in [3.63, 3.8) is 0 Å². The van der Waals surface area contributed by atoms with Crippen molar-refractivity contribution >= 4 is 11.3 Å². The Labute approximate surface area is 115 Å². The first-order chi connectivity index (χ1) is 8.69. The van der Waals surface area contributed by atoms with Crippen molar-refractivity contribution in [3.05, 3.63) is 21.9 Å². The SMILES string of the molecule is CCNCc1ccc(CN2CCC(C)CC2C)s1. The minimum Gasteiger partial charge on any atom is -0.312 e. The fraction of sp³-hybridized carbons (Fsp3) is 0.733. The number of hydrogen-bond donors (Lipinski definition) is 1. The molecular formula is C15H26N2S. The van der Waals surface area contributed by atoms with Crippen molar-refractivity contribution in [2.24, 2.45) is 5.92 Å². The zero-order valence-corrected chi connectivity index (χ0v) is 12.7. The molecule has 1 aromatic heterocycles. The molecule has 0 aromatic carbocycles. The van der Waals surface area contributed by atoms with Crippen molar-refractivity contribution in [2.75, 3.05) is 13.1 Å². The fourth-order valence-corrected chi connectivity index (χ4v) is 3.75. The number of nitrogens with one attached hydrogen (secondary N) is 1. The summed E-state index contributed by atoms with van der Waals surface area (Å²) < 4.78 is 0. The lowest BCUT2D eigenvalue weighted by atomic mass is 9.93. The van der Waals surface area contributed by atoms with E-state index in [0.29, 0.717) is 0 Å². The molecule has 1 aliphatic rings. The molecule has 2 unspecified atom stereocenters. The molecule has 102 valence electrons. The van der Waals surface area contributed by atoms with E-state index in [1.165, 1.54) is 29.1 Å². The molecule has 3 heteroatoms. The summed E-state index contributed by atoms with van der Waals surface area (Å²) in [6.07, 6.45) is 2.72. The van der Waals surface area contributed by atoms with Gasteiger partial charge < -0.3 is 5.32 Å². The third kappa shape index (κ3) is 3.81. The van der Waals surface area contributed by atoms with Crippen molar-refractivity contribution in [3.8, 4) is 0 Å². The van der Waals surface area contributed by atoms with E-state index in [0.717, 1.165) is 31.6 Å². The Morgan fingerprint density at radius 2 is 2.11 bits per heavy atom. The second-order valence-electron chi connectivity index (χ2n) is 5.60. The Morgan fingerprint density at radius 3 is 2.83 bits per heavy atom. The van der Waals surface area contributed by atoms with Crippen molar-refractivity contribution in [2.45, 2.75) is 52.7 Å². The lowest BCUT2D eigenvalue weighted by Gasteiger charge is -2.36. The molecule has 2 atom stereocenters. The number of nitrogens with zero attached hydrogens (tertiary/aromatic N) is 1. The van der Waals surface area contributed by atoms with Gasteiger partial charge in [0.1, 0.15) is 0 Å². The van der Waals surface area contributed by atoms with Crippen LogP contribution < -0.4 is 5.32 Å². The molecule has 0 amide bonds. The molecule has 2 nitrogen and oxygen atoms in total. The number of rotatable bonds is 5. The summed E-state index contributed by atoms with van der Waals surface area (Å²) in [6.45, 7) is 11.4. The molecule has 0 aliphatic carbocycles. The molecule has 0 saturated carbocycles. The smallest absolute Gasteiger partial charge is 0.0330 e.